The molecule has 0 saturated carbocycles. The summed E-state index contributed by atoms with van der Waals surface area (Å²) in [6.07, 6.45) is 0. The normalized spacial score (nSPS) is 10.8. The van der Waals surface area contributed by atoms with E-state index < -0.39 is 28.9 Å². The molecule has 0 atom stereocenters. The third-order valence-corrected chi connectivity index (χ3v) is 3.35. The Morgan fingerprint density at radius 1 is 1.00 bits per heavy atom. The lowest BCUT2D eigenvalue weighted by molar-refractivity contribution is 0.0684. The highest BCUT2D eigenvalue weighted by Crippen LogP contribution is 2.19. The lowest BCUT2D eigenvalue weighted by Gasteiger charge is -2.27. The molecule has 22 heavy (non-hydrogen) atoms. The molecule has 2 rings (SSSR count). The van der Waals surface area contributed by atoms with Gasteiger partial charge in [-0.3, -0.25) is 4.79 Å². The maximum Gasteiger partial charge on any atom is 0.257 e. The van der Waals surface area contributed by atoms with Crippen LogP contribution in [0.25, 0.3) is 0 Å². The van der Waals surface area contributed by atoms with Crippen molar-refractivity contribution in [1.29, 1.82) is 0 Å². The van der Waals surface area contributed by atoms with E-state index in [-0.39, 0.29) is 12.6 Å². The highest BCUT2D eigenvalue weighted by molar-refractivity contribution is 5.94. The van der Waals surface area contributed by atoms with E-state index in [1.807, 2.05) is 30.3 Å². The Kier molecular flexibility index (Phi) is 4.85. The Morgan fingerprint density at radius 3 is 2.23 bits per heavy atom. The molecule has 5 heteroatoms. The van der Waals surface area contributed by atoms with Crippen LogP contribution in [0, 0.1) is 17.5 Å². The Balaban J connectivity index is 2.33. The number of nitrogens with zero attached hydrogens (tertiary/aromatic N) is 1. The second-order valence-corrected chi connectivity index (χ2v) is 5.24. The largest absolute Gasteiger partial charge is 0.332 e. The van der Waals surface area contributed by atoms with Gasteiger partial charge in [0.2, 0.25) is 0 Å². The number of hydrogen-bond acceptors (Lipinski definition) is 1. The van der Waals surface area contributed by atoms with Crippen LogP contribution in [0.3, 0.4) is 0 Å². The maximum atomic E-state index is 13.8. The quantitative estimate of drug-likeness (QED) is 0.777. The molecule has 116 valence electrons. The molecule has 0 spiro atoms. The number of halogens is 3. The number of amides is 1. The van der Waals surface area contributed by atoms with Crippen molar-refractivity contribution >= 4 is 5.91 Å². The highest BCUT2D eigenvalue weighted by atomic mass is 19.2. The summed E-state index contributed by atoms with van der Waals surface area (Å²) in [4.78, 5) is 13.9. The fourth-order valence-corrected chi connectivity index (χ4v) is 2.11. The third kappa shape index (κ3) is 3.30. The Morgan fingerprint density at radius 2 is 1.64 bits per heavy atom. The second-order valence-electron chi connectivity index (χ2n) is 5.24. The lowest BCUT2D eigenvalue weighted by Crippen LogP contribution is -2.37. The van der Waals surface area contributed by atoms with Crippen molar-refractivity contribution in [3.8, 4) is 0 Å². The summed E-state index contributed by atoms with van der Waals surface area (Å²) in [5.41, 5.74) is 0.399. The molecule has 0 radical (unpaired) electrons. The molecule has 0 aliphatic rings. The summed E-state index contributed by atoms with van der Waals surface area (Å²) in [6, 6.07) is 10.7. The van der Waals surface area contributed by atoms with E-state index in [1.165, 1.54) is 4.90 Å². The number of rotatable bonds is 4. The minimum atomic E-state index is -1.63. The van der Waals surface area contributed by atoms with Gasteiger partial charge in [0, 0.05) is 12.6 Å². The Labute approximate surface area is 127 Å². The maximum absolute atomic E-state index is 13.8. The first-order valence-corrected chi connectivity index (χ1v) is 6.90. The van der Waals surface area contributed by atoms with Crippen molar-refractivity contribution in [1.82, 2.24) is 4.90 Å². The Bertz CT molecular complexity index is 671. The summed E-state index contributed by atoms with van der Waals surface area (Å²) in [6.45, 7) is 3.81. The van der Waals surface area contributed by atoms with E-state index in [2.05, 4.69) is 0 Å². The zero-order valence-electron chi connectivity index (χ0n) is 12.3. The second kappa shape index (κ2) is 6.64. The smallest absolute Gasteiger partial charge is 0.257 e. The number of hydrogen-bond donors (Lipinski definition) is 0. The van der Waals surface area contributed by atoms with Gasteiger partial charge in [-0.05, 0) is 31.5 Å². The van der Waals surface area contributed by atoms with Crippen LogP contribution in [-0.2, 0) is 6.54 Å². The molecule has 0 aromatic heterocycles. The predicted octanol–water partition coefficient (Wildman–Crippen LogP) is 4.15. The molecule has 2 nitrogen and oxygen atoms in total. The van der Waals surface area contributed by atoms with E-state index in [0.29, 0.717) is 0 Å². The van der Waals surface area contributed by atoms with Crippen LogP contribution < -0.4 is 0 Å². The molecule has 0 fully saturated rings. The monoisotopic (exact) mass is 307 g/mol. The molecule has 0 saturated heterocycles. The molecule has 0 unspecified atom stereocenters. The summed E-state index contributed by atoms with van der Waals surface area (Å²) < 4.78 is 40.1. The van der Waals surface area contributed by atoms with Crippen molar-refractivity contribution < 1.29 is 18.0 Å². The first kappa shape index (κ1) is 16.1. The summed E-state index contributed by atoms with van der Waals surface area (Å²) in [5.74, 6) is -5.07. The van der Waals surface area contributed by atoms with Gasteiger partial charge in [-0.2, -0.15) is 0 Å². The minimum Gasteiger partial charge on any atom is -0.332 e. The van der Waals surface area contributed by atoms with Crippen LogP contribution in [0.2, 0.25) is 0 Å². The van der Waals surface area contributed by atoms with Gasteiger partial charge >= 0.3 is 0 Å². The van der Waals surface area contributed by atoms with Crippen molar-refractivity contribution in [2.75, 3.05) is 0 Å². The topological polar surface area (TPSA) is 20.3 Å². The standard InChI is InChI=1S/C17H16F3NO/c1-11(2)21(10-12-6-4-3-5-7-12)17(22)13-8-9-14(18)16(20)15(13)19/h3-9,11H,10H2,1-2H3. The van der Waals surface area contributed by atoms with Crippen LogP contribution in [0.4, 0.5) is 13.2 Å². The van der Waals surface area contributed by atoms with Crippen LogP contribution >= 0.6 is 0 Å². The van der Waals surface area contributed by atoms with Gasteiger partial charge < -0.3 is 4.90 Å². The molecule has 0 N–H and O–H groups in total. The molecule has 0 aliphatic carbocycles. The van der Waals surface area contributed by atoms with E-state index in [1.54, 1.807) is 13.8 Å². The summed E-state index contributed by atoms with van der Waals surface area (Å²) in [5, 5.41) is 0. The van der Waals surface area contributed by atoms with Crippen LogP contribution in [0.15, 0.2) is 42.5 Å². The molecule has 2 aromatic rings. The fraction of sp³-hybridized carbons (Fsp3) is 0.235. The number of carbonyl (C=O) groups excluding carboxylic acids is 1. The average Bonchev–Trinajstić information content (AvgIpc) is 2.50. The van der Waals surface area contributed by atoms with Crippen LogP contribution in [0.1, 0.15) is 29.8 Å². The summed E-state index contributed by atoms with van der Waals surface area (Å²) >= 11 is 0. The van der Waals surface area contributed by atoms with E-state index in [0.717, 1.165) is 17.7 Å². The van der Waals surface area contributed by atoms with Crippen LogP contribution in [-0.4, -0.2) is 16.8 Å². The van der Waals surface area contributed by atoms with Crippen LogP contribution in [0.5, 0.6) is 0 Å². The number of carbonyl (C=O) groups is 1. The van der Waals surface area contributed by atoms with Gasteiger partial charge in [0.15, 0.2) is 17.5 Å². The highest BCUT2D eigenvalue weighted by Gasteiger charge is 2.25. The zero-order chi connectivity index (χ0) is 16.3. The van der Waals surface area contributed by atoms with Crippen molar-refractivity contribution in [2.24, 2.45) is 0 Å². The Hall–Kier alpha value is -2.30. The van der Waals surface area contributed by atoms with Crippen molar-refractivity contribution in [3.63, 3.8) is 0 Å². The predicted molar refractivity (Wildman–Crippen MR) is 77.8 cm³/mol. The molecule has 0 bridgehead atoms. The minimum absolute atomic E-state index is 0.222. The average molecular weight is 307 g/mol. The zero-order valence-corrected chi connectivity index (χ0v) is 12.3. The van der Waals surface area contributed by atoms with E-state index in [4.69, 9.17) is 0 Å². The first-order valence-electron chi connectivity index (χ1n) is 6.90. The lowest BCUT2D eigenvalue weighted by atomic mass is 10.1. The third-order valence-electron chi connectivity index (χ3n) is 3.35. The molecule has 0 aliphatic heterocycles. The molecule has 1 amide bonds. The van der Waals surface area contributed by atoms with Gasteiger partial charge in [-0.15, -0.1) is 0 Å². The summed E-state index contributed by atoms with van der Waals surface area (Å²) in [7, 11) is 0. The molecular formula is C17H16F3NO. The van der Waals surface area contributed by atoms with Crippen molar-refractivity contribution in [3.05, 3.63) is 71.0 Å². The first-order chi connectivity index (χ1) is 10.4. The van der Waals surface area contributed by atoms with Crippen molar-refractivity contribution in [2.45, 2.75) is 26.4 Å². The van der Waals surface area contributed by atoms with Gasteiger partial charge in [0.05, 0.1) is 5.56 Å². The van der Waals surface area contributed by atoms with Gasteiger partial charge in [0.1, 0.15) is 0 Å². The number of benzene rings is 2. The van der Waals surface area contributed by atoms with E-state index >= 15 is 0 Å². The van der Waals surface area contributed by atoms with Gasteiger partial charge in [-0.1, -0.05) is 30.3 Å². The van der Waals surface area contributed by atoms with E-state index in [9.17, 15) is 18.0 Å². The molecule has 2 aromatic carbocycles. The van der Waals surface area contributed by atoms with Gasteiger partial charge in [0.25, 0.3) is 5.91 Å². The molecule has 0 heterocycles. The van der Waals surface area contributed by atoms with Gasteiger partial charge in [-0.25, -0.2) is 13.2 Å². The molecular weight excluding hydrogens is 291 g/mol. The SMILES string of the molecule is CC(C)N(Cc1ccccc1)C(=O)c1ccc(F)c(F)c1F. The fourth-order valence-electron chi connectivity index (χ4n) is 2.11.